The van der Waals surface area contributed by atoms with Crippen molar-refractivity contribution in [2.45, 2.75) is 50.1 Å². The second-order valence-electron chi connectivity index (χ2n) is 4.99. The maximum atomic E-state index is 13.1. The van der Waals surface area contributed by atoms with E-state index in [1.807, 2.05) is 0 Å². The zero-order valence-electron chi connectivity index (χ0n) is 12.3. The smallest absolute Gasteiger partial charge is 0.352 e. The van der Waals surface area contributed by atoms with E-state index in [1.165, 1.54) is 0 Å². The van der Waals surface area contributed by atoms with Crippen LogP contribution in [0.5, 0.6) is 0 Å². The fraction of sp³-hybridized carbons (Fsp3) is 0.583. The summed E-state index contributed by atoms with van der Waals surface area (Å²) in [5.41, 5.74) is -0.824. The predicted octanol–water partition coefficient (Wildman–Crippen LogP) is 2.16. The van der Waals surface area contributed by atoms with Crippen LogP contribution in [0, 0.1) is 0 Å². The van der Waals surface area contributed by atoms with Crippen molar-refractivity contribution in [2.75, 3.05) is 0 Å². The van der Waals surface area contributed by atoms with Crippen LogP contribution in [0.1, 0.15) is 30.8 Å². The van der Waals surface area contributed by atoms with Gasteiger partial charge in [-0.25, -0.2) is 26.7 Å². The summed E-state index contributed by atoms with van der Waals surface area (Å²) in [4.78, 5) is 10.4. The average Bonchev–Trinajstić information content (AvgIpc) is 2.82. The summed E-state index contributed by atoms with van der Waals surface area (Å²) in [5, 5.41) is 8.94. The number of carboxylic acids is 1. The predicted molar refractivity (Wildman–Crippen MR) is 72.4 cm³/mol. The third-order valence-corrected chi connectivity index (χ3v) is 4.63. The number of sulfonamides is 1. The number of hydrogen-bond acceptors (Lipinski definition) is 3. The Morgan fingerprint density at radius 2 is 2.00 bits per heavy atom. The molecule has 1 heterocycles. The number of nitrogens with one attached hydrogen (secondary N) is 1. The SMILES string of the molecule is CC[C@@H](C)NS(=O)(=O)c1cc(C(=O)O)n(CC(F)(F)C(F)F)c1. The number of carboxylic acid groups (broad SMARTS) is 1. The molecule has 2 N–H and O–H groups in total. The van der Waals surface area contributed by atoms with Crippen LogP contribution in [-0.2, 0) is 16.6 Å². The molecule has 0 saturated heterocycles. The molecular weight excluding hydrogens is 344 g/mol. The summed E-state index contributed by atoms with van der Waals surface area (Å²) in [5.74, 6) is -6.20. The van der Waals surface area contributed by atoms with Crippen molar-refractivity contribution in [2.24, 2.45) is 0 Å². The molecule has 0 aliphatic heterocycles. The molecule has 1 rings (SSSR count). The lowest BCUT2D eigenvalue weighted by Crippen LogP contribution is -2.33. The van der Waals surface area contributed by atoms with Crippen LogP contribution in [0.3, 0.4) is 0 Å². The number of rotatable bonds is 8. The fourth-order valence-corrected chi connectivity index (χ4v) is 3.02. The first-order valence-electron chi connectivity index (χ1n) is 6.52. The van der Waals surface area contributed by atoms with Crippen molar-refractivity contribution in [1.82, 2.24) is 9.29 Å². The van der Waals surface area contributed by atoms with Crippen molar-refractivity contribution in [1.29, 1.82) is 0 Å². The Kier molecular flexibility index (Phi) is 5.80. The van der Waals surface area contributed by atoms with Gasteiger partial charge in [0.1, 0.15) is 10.6 Å². The van der Waals surface area contributed by atoms with Crippen LogP contribution in [0.4, 0.5) is 17.6 Å². The molecule has 23 heavy (non-hydrogen) atoms. The van der Waals surface area contributed by atoms with Gasteiger partial charge in [0.2, 0.25) is 10.0 Å². The molecule has 11 heteroatoms. The van der Waals surface area contributed by atoms with Gasteiger partial charge in [-0.2, -0.15) is 8.78 Å². The molecule has 0 fully saturated rings. The minimum atomic E-state index is -4.49. The summed E-state index contributed by atoms with van der Waals surface area (Å²) in [7, 11) is -4.15. The first-order chi connectivity index (χ1) is 10.4. The average molecular weight is 360 g/mol. The largest absolute Gasteiger partial charge is 0.477 e. The van der Waals surface area contributed by atoms with E-state index in [1.54, 1.807) is 13.8 Å². The molecule has 0 bridgehead atoms. The summed E-state index contributed by atoms with van der Waals surface area (Å²) >= 11 is 0. The molecule has 0 aliphatic rings. The number of carbonyl (C=O) groups is 1. The van der Waals surface area contributed by atoms with E-state index in [2.05, 4.69) is 4.72 Å². The maximum absolute atomic E-state index is 13.1. The first-order valence-corrected chi connectivity index (χ1v) is 8.00. The van der Waals surface area contributed by atoms with E-state index in [0.717, 1.165) is 0 Å². The zero-order valence-corrected chi connectivity index (χ0v) is 13.1. The van der Waals surface area contributed by atoms with E-state index in [-0.39, 0.29) is 0 Å². The van der Waals surface area contributed by atoms with Gasteiger partial charge >= 0.3 is 18.3 Å². The van der Waals surface area contributed by atoms with Gasteiger partial charge in [0.05, 0.1) is 6.54 Å². The second kappa shape index (κ2) is 6.87. The van der Waals surface area contributed by atoms with Crippen molar-refractivity contribution in [3.8, 4) is 0 Å². The Balaban J connectivity index is 3.25. The van der Waals surface area contributed by atoms with Crippen molar-refractivity contribution in [3.05, 3.63) is 18.0 Å². The molecule has 0 spiro atoms. The number of aromatic nitrogens is 1. The molecule has 0 aliphatic carbocycles. The van der Waals surface area contributed by atoms with Crippen LogP contribution in [-0.4, -0.2) is 42.5 Å². The van der Waals surface area contributed by atoms with Crippen molar-refractivity contribution >= 4 is 16.0 Å². The molecule has 6 nitrogen and oxygen atoms in total. The summed E-state index contributed by atoms with van der Waals surface area (Å²) in [6.07, 6.45) is -2.97. The van der Waals surface area contributed by atoms with Gasteiger partial charge in [0.25, 0.3) is 0 Å². The number of hydrogen-bond donors (Lipinski definition) is 2. The normalized spacial score (nSPS) is 14.2. The summed E-state index contributed by atoms with van der Waals surface area (Å²) < 4.78 is 77.3. The van der Waals surface area contributed by atoms with Gasteiger partial charge in [0.15, 0.2) is 0 Å². The molecule has 0 unspecified atom stereocenters. The molecule has 0 radical (unpaired) electrons. The van der Waals surface area contributed by atoms with Gasteiger partial charge in [0, 0.05) is 12.2 Å². The van der Waals surface area contributed by atoms with Gasteiger partial charge in [-0.3, -0.25) is 0 Å². The topological polar surface area (TPSA) is 88.4 Å². The Hall–Kier alpha value is -1.62. The van der Waals surface area contributed by atoms with Crippen LogP contribution >= 0.6 is 0 Å². The lowest BCUT2D eigenvalue weighted by atomic mass is 10.3. The molecule has 0 amide bonds. The Labute approximate surface area is 130 Å². The third kappa shape index (κ3) is 4.67. The van der Waals surface area contributed by atoms with E-state index in [9.17, 15) is 30.8 Å². The highest BCUT2D eigenvalue weighted by Gasteiger charge is 2.42. The summed E-state index contributed by atoms with van der Waals surface area (Å²) in [6.45, 7) is 1.60. The van der Waals surface area contributed by atoms with E-state index >= 15 is 0 Å². The highest BCUT2D eigenvalue weighted by atomic mass is 32.2. The quantitative estimate of drug-likeness (QED) is 0.696. The van der Waals surface area contributed by atoms with Gasteiger partial charge in [-0.05, 0) is 19.4 Å². The van der Waals surface area contributed by atoms with E-state index in [4.69, 9.17) is 5.11 Å². The molecule has 1 aromatic rings. The number of alkyl halides is 4. The Morgan fingerprint density at radius 3 is 2.43 bits per heavy atom. The van der Waals surface area contributed by atoms with Crippen LogP contribution in [0.15, 0.2) is 17.2 Å². The molecule has 0 aromatic carbocycles. The second-order valence-corrected chi connectivity index (χ2v) is 6.70. The monoisotopic (exact) mass is 360 g/mol. The fourth-order valence-electron chi connectivity index (χ4n) is 1.65. The van der Waals surface area contributed by atoms with E-state index < -0.39 is 51.5 Å². The molecule has 132 valence electrons. The Bertz CT molecular complexity index is 673. The number of halogens is 4. The van der Waals surface area contributed by atoms with Crippen LogP contribution in [0.25, 0.3) is 0 Å². The summed E-state index contributed by atoms with van der Waals surface area (Å²) in [6, 6.07) is 0.174. The third-order valence-electron chi connectivity index (χ3n) is 3.07. The molecule has 0 saturated carbocycles. The lowest BCUT2D eigenvalue weighted by molar-refractivity contribution is -0.137. The first kappa shape index (κ1) is 19.4. The van der Waals surface area contributed by atoms with E-state index in [0.29, 0.717) is 23.3 Å². The number of nitrogens with zero attached hydrogens (tertiary/aromatic N) is 1. The van der Waals surface area contributed by atoms with Gasteiger partial charge in [-0.15, -0.1) is 0 Å². The molecule has 1 aromatic heterocycles. The Morgan fingerprint density at radius 1 is 1.43 bits per heavy atom. The van der Waals surface area contributed by atoms with Crippen LogP contribution < -0.4 is 4.72 Å². The standard InChI is InChI=1S/C12H16F4N2O4S/c1-3-7(2)17-23(21,22)8-4-9(10(19)20)18(5-8)6-12(15,16)11(13)14/h4-5,7,11,17H,3,6H2,1-2H3,(H,19,20)/t7-/m1/s1. The number of aromatic carboxylic acids is 1. The minimum absolute atomic E-state index is 0.291. The van der Waals surface area contributed by atoms with Crippen molar-refractivity contribution < 1.29 is 35.9 Å². The van der Waals surface area contributed by atoms with Gasteiger partial charge in [-0.1, -0.05) is 6.92 Å². The van der Waals surface area contributed by atoms with Crippen molar-refractivity contribution in [3.63, 3.8) is 0 Å². The minimum Gasteiger partial charge on any atom is -0.477 e. The highest BCUT2D eigenvalue weighted by molar-refractivity contribution is 7.89. The molecular formula is C12H16F4N2O4S. The maximum Gasteiger partial charge on any atom is 0.352 e. The van der Waals surface area contributed by atoms with Gasteiger partial charge < -0.3 is 9.67 Å². The van der Waals surface area contributed by atoms with Crippen LogP contribution in [0.2, 0.25) is 0 Å². The zero-order chi connectivity index (χ0) is 18.0. The highest BCUT2D eigenvalue weighted by Crippen LogP contribution is 2.27. The lowest BCUT2D eigenvalue weighted by Gasteiger charge is -2.16. The molecule has 1 atom stereocenters.